The average Bonchev–Trinajstić information content (AvgIpc) is 2.37. The summed E-state index contributed by atoms with van der Waals surface area (Å²) in [6.45, 7) is 2.20. The van der Waals surface area contributed by atoms with E-state index in [-0.39, 0.29) is 19.0 Å². The number of hydrogen-bond donors (Lipinski definition) is 1. The number of ether oxygens (including phenoxy) is 1. The molecule has 1 N–H and O–H groups in total. The van der Waals surface area contributed by atoms with E-state index in [1.807, 2.05) is 0 Å². The Hall–Kier alpha value is -0.660. The molecular weight excluding hydrogens is 268 g/mol. The first kappa shape index (κ1) is 16.4. The molecule has 0 saturated heterocycles. The highest BCUT2D eigenvalue weighted by Gasteiger charge is 2.28. The van der Waals surface area contributed by atoms with Gasteiger partial charge in [0.15, 0.2) is 0 Å². The second kappa shape index (κ2) is 7.21. The molecule has 1 aliphatic rings. The van der Waals surface area contributed by atoms with Gasteiger partial charge < -0.3 is 4.74 Å². The number of nitrogens with zero attached hydrogens (tertiary/aromatic N) is 1. The zero-order valence-corrected chi connectivity index (χ0v) is 12.7. The minimum atomic E-state index is -3.52. The molecule has 6 nitrogen and oxygen atoms in total. The van der Waals surface area contributed by atoms with Crippen LogP contribution < -0.4 is 4.72 Å². The van der Waals surface area contributed by atoms with E-state index in [0.29, 0.717) is 5.92 Å². The standard InChI is InChI=1S/C12H24N2O4S/c1-10-6-4-5-7-11(10)13-19(16,17)14(2)9-8-12(15)18-3/h10-11,13H,4-9H2,1-3H3. The molecule has 0 amide bonds. The van der Waals surface area contributed by atoms with Crippen molar-refractivity contribution in [2.45, 2.75) is 45.1 Å². The largest absolute Gasteiger partial charge is 0.469 e. The van der Waals surface area contributed by atoms with Crippen molar-refractivity contribution >= 4 is 16.2 Å². The van der Waals surface area contributed by atoms with Gasteiger partial charge in [0.25, 0.3) is 10.2 Å². The number of hydrogen-bond acceptors (Lipinski definition) is 4. The van der Waals surface area contributed by atoms with Crippen molar-refractivity contribution < 1.29 is 17.9 Å². The van der Waals surface area contributed by atoms with Gasteiger partial charge >= 0.3 is 5.97 Å². The third-order valence-electron chi connectivity index (χ3n) is 3.68. The molecule has 0 aromatic heterocycles. The third-order valence-corrected chi connectivity index (χ3v) is 5.28. The van der Waals surface area contributed by atoms with Crippen LogP contribution in [0.5, 0.6) is 0 Å². The Morgan fingerprint density at radius 2 is 2.00 bits per heavy atom. The number of nitrogens with one attached hydrogen (secondary N) is 1. The summed E-state index contributed by atoms with van der Waals surface area (Å²) in [5.41, 5.74) is 0. The lowest BCUT2D eigenvalue weighted by Gasteiger charge is -2.30. The van der Waals surface area contributed by atoms with Gasteiger partial charge in [-0.25, -0.2) is 0 Å². The molecule has 2 unspecified atom stereocenters. The molecule has 1 rings (SSSR count). The van der Waals surface area contributed by atoms with Crippen molar-refractivity contribution in [1.82, 2.24) is 9.03 Å². The van der Waals surface area contributed by atoms with Crippen LogP contribution >= 0.6 is 0 Å². The van der Waals surface area contributed by atoms with Gasteiger partial charge in [-0.05, 0) is 18.8 Å². The summed E-state index contributed by atoms with van der Waals surface area (Å²) in [7, 11) is -0.760. The topological polar surface area (TPSA) is 75.7 Å². The second-order valence-electron chi connectivity index (χ2n) is 5.14. The fourth-order valence-electron chi connectivity index (χ4n) is 2.24. The van der Waals surface area contributed by atoms with Gasteiger partial charge in [0, 0.05) is 19.6 Å². The van der Waals surface area contributed by atoms with Gasteiger partial charge in [0.05, 0.1) is 13.5 Å². The lowest BCUT2D eigenvalue weighted by atomic mass is 9.87. The molecule has 7 heteroatoms. The van der Waals surface area contributed by atoms with Crippen LogP contribution in [0, 0.1) is 5.92 Å². The van der Waals surface area contributed by atoms with Crippen LogP contribution in [-0.2, 0) is 19.7 Å². The second-order valence-corrected chi connectivity index (χ2v) is 6.95. The summed E-state index contributed by atoms with van der Waals surface area (Å²) >= 11 is 0. The summed E-state index contributed by atoms with van der Waals surface area (Å²) in [5, 5.41) is 0. The first-order valence-electron chi connectivity index (χ1n) is 6.67. The first-order valence-corrected chi connectivity index (χ1v) is 8.11. The molecule has 1 saturated carbocycles. The maximum atomic E-state index is 12.1. The quantitative estimate of drug-likeness (QED) is 0.738. The molecule has 0 aromatic carbocycles. The van der Waals surface area contributed by atoms with Crippen molar-refractivity contribution in [1.29, 1.82) is 0 Å². The predicted molar refractivity (Wildman–Crippen MR) is 72.7 cm³/mol. The number of carbonyl (C=O) groups excluding carboxylic acids is 1. The molecule has 19 heavy (non-hydrogen) atoms. The Balaban J connectivity index is 2.51. The van der Waals surface area contributed by atoms with Gasteiger partial charge in [0.2, 0.25) is 0 Å². The van der Waals surface area contributed by atoms with Crippen molar-refractivity contribution in [3.8, 4) is 0 Å². The van der Waals surface area contributed by atoms with Crippen LogP contribution in [0.1, 0.15) is 39.0 Å². The van der Waals surface area contributed by atoms with Crippen LogP contribution in [0.15, 0.2) is 0 Å². The third kappa shape index (κ3) is 5.08. The SMILES string of the molecule is COC(=O)CCN(C)S(=O)(=O)NC1CCCCC1C. The molecule has 112 valence electrons. The van der Waals surface area contributed by atoms with E-state index in [1.54, 1.807) is 0 Å². The summed E-state index contributed by atoms with van der Waals surface area (Å²) in [5.74, 6) is -0.0504. The molecule has 1 fully saturated rings. The predicted octanol–water partition coefficient (Wildman–Crippen LogP) is 0.894. The maximum absolute atomic E-state index is 12.1. The molecule has 0 aliphatic heterocycles. The van der Waals surface area contributed by atoms with Gasteiger partial charge in [0.1, 0.15) is 0 Å². The van der Waals surface area contributed by atoms with E-state index >= 15 is 0 Å². The van der Waals surface area contributed by atoms with Crippen LogP contribution in [0.4, 0.5) is 0 Å². The van der Waals surface area contributed by atoms with E-state index < -0.39 is 16.2 Å². The Kier molecular flexibility index (Phi) is 6.22. The molecular formula is C12H24N2O4S. The van der Waals surface area contributed by atoms with Gasteiger partial charge in [-0.3, -0.25) is 4.79 Å². The Labute approximate surface area is 115 Å². The van der Waals surface area contributed by atoms with Crippen molar-refractivity contribution in [2.24, 2.45) is 5.92 Å². The minimum Gasteiger partial charge on any atom is -0.469 e. The van der Waals surface area contributed by atoms with E-state index in [4.69, 9.17) is 0 Å². The number of rotatable bonds is 6. The lowest BCUT2D eigenvalue weighted by molar-refractivity contribution is -0.140. The van der Waals surface area contributed by atoms with Gasteiger partial charge in [-0.1, -0.05) is 19.8 Å². The highest BCUT2D eigenvalue weighted by atomic mass is 32.2. The fourth-order valence-corrected chi connectivity index (χ4v) is 3.49. The van der Waals surface area contributed by atoms with Gasteiger partial charge in [-0.2, -0.15) is 17.4 Å². The number of carbonyl (C=O) groups is 1. The van der Waals surface area contributed by atoms with E-state index in [1.165, 1.54) is 18.5 Å². The highest BCUT2D eigenvalue weighted by Crippen LogP contribution is 2.24. The number of methoxy groups -OCH3 is 1. The minimum absolute atomic E-state index is 0.000623. The monoisotopic (exact) mass is 292 g/mol. The molecule has 0 bridgehead atoms. The van der Waals surface area contributed by atoms with Crippen LogP contribution in [0.2, 0.25) is 0 Å². The molecule has 1 aliphatic carbocycles. The average molecular weight is 292 g/mol. The zero-order valence-electron chi connectivity index (χ0n) is 11.9. The summed E-state index contributed by atoms with van der Waals surface area (Å²) < 4.78 is 32.6. The lowest BCUT2D eigenvalue weighted by Crippen LogP contribution is -2.47. The molecule has 0 aromatic rings. The van der Waals surface area contributed by atoms with E-state index in [0.717, 1.165) is 25.7 Å². The van der Waals surface area contributed by atoms with Gasteiger partial charge in [-0.15, -0.1) is 0 Å². The van der Waals surface area contributed by atoms with Crippen molar-refractivity contribution in [2.75, 3.05) is 20.7 Å². The Bertz CT molecular complexity index is 397. The van der Waals surface area contributed by atoms with E-state index in [9.17, 15) is 13.2 Å². The normalized spacial score (nSPS) is 24.4. The molecule has 0 heterocycles. The molecule has 0 spiro atoms. The maximum Gasteiger partial charge on any atom is 0.306 e. The Morgan fingerprint density at radius 1 is 1.37 bits per heavy atom. The Morgan fingerprint density at radius 3 is 2.58 bits per heavy atom. The molecule has 0 radical (unpaired) electrons. The van der Waals surface area contributed by atoms with E-state index in [2.05, 4.69) is 16.4 Å². The smallest absolute Gasteiger partial charge is 0.306 e. The summed E-state index contributed by atoms with van der Waals surface area (Å²) in [4.78, 5) is 11.0. The molecule has 2 atom stereocenters. The first-order chi connectivity index (χ1) is 8.86. The van der Waals surface area contributed by atoms with Crippen molar-refractivity contribution in [3.63, 3.8) is 0 Å². The van der Waals surface area contributed by atoms with Crippen molar-refractivity contribution in [3.05, 3.63) is 0 Å². The summed E-state index contributed by atoms with van der Waals surface area (Å²) in [6.07, 6.45) is 4.22. The fraction of sp³-hybridized carbons (Fsp3) is 0.917. The highest BCUT2D eigenvalue weighted by molar-refractivity contribution is 7.87. The number of esters is 1. The van der Waals surface area contributed by atoms with Crippen LogP contribution in [0.3, 0.4) is 0 Å². The zero-order chi connectivity index (χ0) is 14.5. The van der Waals surface area contributed by atoms with Crippen LogP contribution in [0.25, 0.3) is 0 Å². The van der Waals surface area contributed by atoms with Crippen LogP contribution in [-0.4, -0.2) is 45.4 Å². The summed E-state index contributed by atoms with van der Waals surface area (Å²) in [6, 6.07) is -0.000623.